The molecular weight excluding hydrogens is 351 g/mol. The fraction of sp³-hybridized carbons (Fsp3) is 0.188. The maximum absolute atomic E-state index is 13.8. The molecule has 0 heterocycles. The summed E-state index contributed by atoms with van der Waals surface area (Å²) in [6.45, 7) is 2.08. The summed E-state index contributed by atoms with van der Waals surface area (Å²) < 4.78 is 14.5. The number of halogens is 2. The van der Waals surface area contributed by atoms with Crippen LogP contribution >= 0.6 is 28.1 Å². The van der Waals surface area contributed by atoms with Crippen molar-refractivity contribution in [2.24, 2.45) is 0 Å². The number of hydrogen-bond acceptors (Lipinski definition) is 1. The maximum Gasteiger partial charge on any atom is 0.171 e. The summed E-state index contributed by atoms with van der Waals surface area (Å²) in [5.41, 5.74) is 1.51. The van der Waals surface area contributed by atoms with E-state index in [1.165, 1.54) is 6.07 Å². The molecule has 1 unspecified atom stereocenters. The van der Waals surface area contributed by atoms with Crippen molar-refractivity contribution >= 4 is 38.9 Å². The number of nitrogens with one attached hydrogen (secondary N) is 2. The molecule has 2 nitrogen and oxygen atoms in total. The lowest BCUT2D eigenvalue weighted by atomic mass is 10.1. The van der Waals surface area contributed by atoms with Crippen molar-refractivity contribution in [2.45, 2.75) is 19.4 Å². The second-order valence-corrected chi connectivity index (χ2v) is 5.92. The standard InChI is InChI=1S/C16H16BrFN2S/c1-2-14(11-6-4-3-5-7-11)19-16(21)20-15-9-8-12(17)10-13(15)18/h3-10,14H,2H2,1H3,(H2,19,20,21). The first-order valence-corrected chi connectivity index (χ1v) is 7.87. The Bertz CT molecular complexity index is 619. The molecule has 5 heteroatoms. The highest BCUT2D eigenvalue weighted by Crippen LogP contribution is 2.20. The van der Waals surface area contributed by atoms with E-state index in [1.807, 2.05) is 30.3 Å². The first-order chi connectivity index (χ1) is 10.1. The summed E-state index contributed by atoms with van der Waals surface area (Å²) in [7, 11) is 0. The van der Waals surface area contributed by atoms with Crippen molar-refractivity contribution in [3.05, 3.63) is 64.4 Å². The van der Waals surface area contributed by atoms with Gasteiger partial charge in [-0.3, -0.25) is 0 Å². The average Bonchev–Trinajstić information content (AvgIpc) is 2.48. The van der Waals surface area contributed by atoms with Gasteiger partial charge in [0.15, 0.2) is 5.11 Å². The largest absolute Gasteiger partial charge is 0.356 e. The van der Waals surface area contributed by atoms with Crippen molar-refractivity contribution in [3.8, 4) is 0 Å². The molecule has 0 aliphatic rings. The van der Waals surface area contributed by atoms with Crippen LogP contribution in [0.25, 0.3) is 0 Å². The molecule has 1 atom stereocenters. The van der Waals surface area contributed by atoms with E-state index in [4.69, 9.17) is 12.2 Å². The fourth-order valence-corrected chi connectivity index (χ4v) is 2.60. The zero-order valence-corrected chi connectivity index (χ0v) is 14.0. The van der Waals surface area contributed by atoms with Crippen LogP contribution in [0.1, 0.15) is 24.9 Å². The monoisotopic (exact) mass is 366 g/mol. The Labute approximate surface area is 137 Å². The number of anilines is 1. The van der Waals surface area contributed by atoms with Crippen molar-refractivity contribution in [3.63, 3.8) is 0 Å². The van der Waals surface area contributed by atoms with Crippen LogP contribution in [0.15, 0.2) is 53.0 Å². The summed E-state index contributed by atoms with van der Waals surface area (Å²) in [4.78, 5) is 0. The van der Waals surface area contributed by atoms with E-state index in [2.05, 4.69) is 33.5 Å². The Kier molecular flexibility index (Phi) is 5.70. The second-order valence-electron chi connectivity index (χ2n) is 4.59. The Morgan fingerprint density at radius 3 is 2.57 bits per heavy atom. The molecule has 21 heavy (non-hydrogen) atoms. The van der Waals surface area contributed by atoms with Crippen LogP contribution in [-0.4, -0.2) is 5.11 Å². The summed E-state index contributed by atoms with van der Waals surface area (Å²) >= 11 is 8.50. The van der Waals surface area contributed by atoms with Crippen LogP contribution in [0.3, 0.4) is 0 Å². The third-order valence-electron chi connectivity index (χ3n) is 3.09. The number of rotatable bonds is 4. The van der Waals surface area contributed by atoms with Crippen LogP contribution in [0, 0.1) is 5.82 Å². The summed E-state index contributed by atoms with van der Waals surface area (Å²) in [5, 5.41) is 6.52. The average molecular weight is 367 g/mol. The fourth-order valence-electron chi connectivity index (χ4n) is 2.01. The number of thiocarbonyl (C=S) groups is 1. The van der Waals surface area contributed by atoms with E-state index >= 15 is 0 Å². The van der Waals surface area contributed by atoms with Gasteiger partial charge in [0.1, 0.15) is 5.82 Å². The SMILES string of the molecule is CCC(NC(=S)Nc1ccc(Br)cc1F)c1ccccc1. The first-order valence-electron chi connectivity index (χ1n) is 6.67. The lowest BCUT2D eigenvalue weighted by Crippen LogP contribution is -2.32. The van der Waals surface area contributed by atoms with Crippen LogP contribution in [-0.2, 0) is 0 Å². The minimum Gasteiger partial charge on any atom is -0.356 e. The van der Waals surface area contributed by atoms with Gasteiger partial charge in [-0.25, -0.2) is 4.39 Å². The molecule has 2 aromatic carbocycles. The highest BCUT2D eigenvalue weighted by Gasteiger charge is 2.11. The van der Waals surface area contributed by atoms with Crippen molar-refractivity contribution in [1.29, 1.82) is 0 Å². The lowest BCUT2D eigenvalue weighted by Gasteiger charge is -2.20. The Morgan fingerprint density at radius 2 is 1.95 bits per heavy atom. The Balaban J connectivity index is 2.03. The number of benzene rings is 2. The molecule has 110 valence electrons. The third-order valence-corrected chi connectivity index (χ3v) is 3.81. The number of hydrogen-bond donors (Lipinski definition) is 2. The Hall–Kier alpha value is -1.46. The van der Waals surface area contributed by atoms with Gasteiger partial charge in [0.05, 0.1) is 11.7 Å². The molecule has 0 aliphatic carbocycles. The highest BCUT2D eigenvalue weighted by molar-refractivity contribution is 9.10. The van der Waals surface area contributed by atoms with E-state index in [9.17, 15) is 4.39 Å². The highest BCUT2D eigenvalue weighted by atomic mass is 79.9. The van der Waals surface area contributed by atoms with Gasteiger partial charge in [0, 0.05) is 4.47 Å². The molecular formula is C16H16BrFN2S. The summed E-state index contributed by atoms with van der Waals surface area (Å²) in [5.74, 6) is -0.346. The van der Waals surface area contributed by atoms with E-state index in [0.717, 1.165) is 12.0 Å². The van der Waals surface area contributed by atoms with E-state index in [0.29, 0.717) is 15.3 Å². The predicted octanol–water partition coefficient (Wildman–Crippen LogP) is 5.03. The van der Waals surface area contributed by atoms with Crippen molar-refractivity contribution < 1.29 is 4.39 Å². The normalized spacial score (nSPS) is 11.8. The van der Waals surface area contributed by atoms with E-state index < -0.39 is 0 Å². The van der Waals surface area contributed by atoms with Gasteiger partial charge >= 0.3 is 0 Å². The van der Waals surface area contributed by atoms with E-state index in [-0.39, 0.29) is 11.9 Å². The van der Waals surface area contributed by atoms with Gasteiger partial charge in [-0.15, -0.1) is 0 Å². The van der Waals surface area contributed by atoms with Gasteiger partial charge < -0.3 is 10.6 Å². The Morgan fingerprint density at radius 1 is 1.24 bits per heavy atom. The molecule has 0 aromatic heterocycles. The minimum absolute atomic E-state index is 0.102. The van der Waals surface area contributed by atoms with Crippen molar-refractivity contribution in [2.75, 3.05) is 5.32 Å². The zero-order chi connectivity index (χ0) is 15.2. The lowest BCUT2D eigenvalue weighted by molar-refractivity contribution is 0.623. The van der Waals surface area contributed by atoms with Gasteiger partial charge in [-0.2, -0.15) is 0 Å². The summed E-state index contributed by atoms with van der Waals surface area (Å²) in [6, 6.07) is 15.0. The molecule has 0 fully saturated rings. The molecule has 2 aromatic rings. The topological polar surface area (TPSA) is 24.1 Å². The molecule has 0 saturated carbocycles. The quantitative estimate of drug-likeness (QED) is 0.742. The molecule has 0 saturated heterocycles. The molecule has 0 bridgehead atoms. The molecule has 2 N–H and O–H groups in total. The third kappa shape index (κ3) is 4.51. The van der Waals surface area contributed by atoms with E-state index in [1.54, 1.807) is 12.1 Å². The van der Waals surface area contributed by atoms with Gasteiger partial charge in [-0.1, -0.05) is 53.2 Å². The molecule has 0 aliphatic heterocycles. The molecule has 2 rings (SSSR count). The molecule has 0 radical (unpaired) electrons. The van der Waals surface area contributed by atoms with Crippen molar-refractivity contribution in [1.82, 2.24) is 5.32 Å². The zero-order valence-electron chi connectivity index (χ0n) is 11.6. The van der Waals surface area contributed by atoms with Crippen LogP contribution in [0.2, 0.25) is 0 Å². The predicted molar refractivity (Wildman–Crippen MR) is 92.9 cm³/mol. The van der Waals surface area contributed by atoms with Crippen LogP contribution in [0.4, 0.5) is 10.1 Å². The maximum atomic E-state index is 13.8. The molecule has 0 amide bonds. The second kappa shape index (κ2) is 7.52. The van der Waals surface area contributed by atoms with Crippen LogP contribution in [0.5, 0.6) is 0 Å². The first kappa shape index (κ1) is 15.9. The summed E-state index contributed by atoms with van der Waals surface area (Å²) in [6.07, 6.45) is 0.884. The van der Waals surface area contributed by atoms with Gasteiger partial charge in [-0.05, 0) is 42.4 Å². The van der Waals surface area contributed by atoms with Gasteiger partial charge in [0.25, 0.3) is 0 Å². The van der Waals surface area contributed by atoms with Crippen LogP contribution < -0.4 is 10.6 Å². The molecule has 0 spiro atoms. The van der Waals surface area contributed by atoms with Gasteiger partial charge in [0.2, 0.25) is 0 Å². The minimum atomic E-state index is -0.346. The smallest absolute Gasteiger partial charge is 0.171 e.